The van der Waals surface area contributed by atoms with E-state index in [1.807, 2.05) is 6.20 Å². The van der Waals surface area contributed by atoms with Crippen LogP contribution in [0, 0.1) is 5.92 Å². The second kappa shape index (κ2) is 4.27. The molecule has 2 rings (SSSR count). The lowest BCUT2D eigenvalue weighted by atomic mass is 10.0. The number of hydrogen-bond acceptors (Lipinski definition) is 3. The maximum Gasteiger partial charge on any atom is 0.0648 e. The Morgan fingerprint density at radius 1 is 1.53 bits per heavy atom. The Labute approximate surface area is 91.3 Å². The highest BCUT2D eigenvalue weighted by Gasteiger charge is 2.51. The van der Waals surface area contributed by atoms with E-state index >= 15 is 0 Å². The summed E-state index contributed by atoms with van der Waals surface area (Å²) in [6.45, 7) is 6.71. The molecule has 0 radical (unpaired) electrons. The number of nitrogens with one attached hydrogen (secondary N) is 1. The molecular weight excluding hydrogens is 186 g/mol. The molecule has 2 unspecified atom stereocenters. The molecule has 0 saturated heterocycles. The van der Waals surface area contributed by atoms with Crippen molar-refractivity contribution >= 4 is 0 Å². The van der Waals surface area contributed by atoms with Gasteiger partial charge in [-0.25, -0.2) is 0 Å². The molecule has 3 heteroatoms. The summed E-state index contributed by atoms with van der Waals surface area (Å²) in [7, 11) is 0. The monoisotopic (exact) mass is 205 g/mol. The predicted octanol–water partition coefficient (Wildman–Crippen LogP) is 1.75. The molecule has 0 amide bonds. The van der Waals surface area contributed by atoms with Crippen LogP contribution in [0.15, 0.2) is 18.6 Å². The van der Waals surface area contributed by atoms with Crippen molar-refractivity contribution in [2.45, 2.75) is 32.1 Å². The first kappa shape index (κ1) is 10.6. The average Bonchev–Trinajstić information content (AvgIpc) is 2.93. The largest absolute Gasteiger partial charge is 0.316 e. The van der Waals surface area contributed by atoms with Crippen LogP contribution in [-0.2, 0) is 5.41 Å². The van der Waals surface area contributed by atoms with Crippen LogP contribution >= 0.6 is 0 Å². The normalized spacial score (nSPS) is 29.1. The van der Waals surface area contributed by atoms with E-state index in [2.05, 4.69) is 29.1 Å². The second-order valence-electron chi connectivity index (χ2n) is 4.61. The van der Waals surface area contributed by atoms with Crippen LogP contribution in [0.3, 0.4) is 0 Å². The minimum atomic E-state index is 0.273. The van der Waals surface area contributed by atoms with Crippen molar-refractivity contribution in [1.29, 1.82) is 0 Å². The standard InChI is InChI=1S/C12H19N3/c1-3-4-13-8-10-7-12(10,2)11-9-14-5-6-15-11/h5-6,9-10,13H,3-4,7-8H2,1-2H3. The highest BCUT2D eigenvalue weighted by Crippen LogP contribution is 2.52. The maximum absolute atomic E-state index is 4.40. The van der Waals surface area contributed by atoms with Crippen LogP contribution in [0.2, 0.25) is 0 Å². The van der Waals surface area contributed by atoms with Crippen LogP contribution in [0.5, 0.6) is 0 Å². The summed E-state index contributed by atoms with van der Waals surface area (Å²) in [5, 5.41) is 3.47. The van der Waals surface area contributed by atoms with Crippen molar-refractivity contribution in [3.05, 3.63) is 24.3 Å². The number of rotatable bonds is 5. The molecule has 1 saturated carbocycles. The summed E-state index contributed by atoms with van der Waals surface area (Å²) in [5.74, 6) is 0.737. The first-order valence-electron chi connectivity index (χ1n) is 5.74. The van der Waals surface area contributed by atoms with E-state index in [4.69, 9.17) is 0 Å². The van der Waals surface area contributed by atoms with Gasteiger partial charge in [0.15, 0.2) is 0 Å². The molecule has 1 heterocycles. The Bertz CT molecular complexity index is 312. The van der Waals surface area contributed by atoms with Crippen molar-refractivity contribution < 1.29 is 0 Å². The van der Waals surface area contributed by atoms with Crippen LogP contribution in [0.25, 0.3) is 0 Å². The molecule has 1 aromatic rings. The molecule has 1 aliphatic carbocycles. The Morgan fingerprint density at radius 2 is 2.40 bits per heavy atom. The highest BCUT2D eigenvalue weighted by molar-refractivity contribution is 5.24. The van der Waals surface area contributed by atoms with Crippen molar-refractivity contribution in [2.75, 3.05) is 13.1 Å². The van der Waals surface area contributed by atoms with E-state index in [-0.39, 0.29) is 5.41 Å². The summed E-state index contributed by atoms with van der Waals surface area (Å²) >= 11 is 0. The lowest BCUT2D eigenvalue weighted by Crippen LogP contribution is -2.21. The van der Waals surface area contributed by atoms with Gasteiger partial charge >= 0.3 is 0 Å². The number of aromatic nitrogens is 2. The molecular formula is C12H19N3. The van der Waals surface area contributed by atoms with Gasteiger partial charge in [0, 0.05) is 24.0 Å². The third-order valence-corrected chi connectivity index (χ3v) is 3.38. The lowest BCUT2D eigenvalue weighted by molar-refractivity contribution is 0.566. The van der Waals surface area contributed by atoms with Gasteiger partial charge < -0.3 is 5.32 Å². The van der Waals surface area contributed by atoms with Crippen LogP contribution in [0.1, 0.15) is 32.4 Å². The summed E-state index contributed by atoms with van der Waals surface area (Å²) in [6, 6.07) is 0. The molecule has 2 atom stereocenters. The lowest BCUT2D eigenvalue weighted by Gasteiger charge is -2.10. The van der Waals surface area contributed by atoms with Gasteiger partial charge in [-0.15, -0.1) is 0 Å². The second-order valence-corrected chi connectivity index (χ2v) is 4.61. The third kappa shape index (κ3) is 2.17. The van der Waals surface area contributed by atoms with E-state index in [1.165, 1.54) is 12.8 Å². The Balaban J connectivity index is 1.90. The molecule has 15 heavy (non-hydrogen) atoms. The van der Waals surface area contributed by atoms with E-state index in [9.17, 15) is 0 Å². The van der Waals surface area contributed by atoms with Crippen LogP contribution < -0.4 is 5.32 Å². The zero-order chi connectivity index (χ0) is 10.7. The molecule has 0 aliphatic heterocycles. The molecule has 3 nitrogen and oxygen atoms in total. The fourth-order valence-corrected chi connectivity index (χ4v) is 2.11. The molecule has 0 spiro atoms. The quantitative estimate of drug-likeness (QED) is 0.744. The topological polar surface area (TPSA) is 37.8 Å². The van der Waals surface area contributed by atoms with Gasteiger partial charge in [-0.2, -0.15) is 0 Å². The summed E-state index contributed by atoms with van der Waals surface area (Å²) in [6.07, 6.45) is 7.87. The van der Waals surface area contributed by atoms with Gasteiger partial charge in [-0.3, -0.25) is 9.97 Å². The van der Waals surface area contributed by atoms with E-state index in [0.29, 0.717) is 0 Å². The van der Waals surface area contributed by atoms with Gasteiger partial charge in [0.25, 0.3) is 0 Å². The van der Waals surface area contributed by atoms with Gasteiger partial charge in [0.1, 0.15) is 0 Å². The molecule has 1 aromatic heterocycles. The van der Waals surface area contributed by atoms with Gasteiger partial charge in [0.05, 0.1) is 5.69 Å². The number of hydrogen-bond donors (Lipinski definition) is 1. The Hall–Kier alpha value is -0.960. The fourth-order valence-electron chi connectivity index (χ4n) is 2.11. The molecule has 0 bridgehead atoms. The minimum Gasteiger partial charge on any atom is -0.316 e. The van der Waals surface area contributed by atoms with Gasteiger partial charge in [-0.1, -0.05) is 13.8 Å². The minimum absolute atomic E-state index is 0.273. The van der Waals surface area contributed by atoms with E-state index in [0.717, 1.165) is 24.7 Å². The van der Waals surface area contributed by atoms with Gasteiger partial charge in [0.2, 0.25) is 0 Å². The molecule has 1 aliphatic rings. The van der Waals surface area contributed by atoms with E-state index < -0.39 is 0 Å². The predicted molar refractivity (Wildman–Crippen MR) is 60.7 cm³/mol. The maximum atomic E-state index is 4.40. The highest BCUT2D eigenvalue weighted by atomic mass is 14.9. The summed E-state index contributed by atoms with van der Waals surface area (Å²) < 4.78 is 0. The average molecular weight is 205 g/mol. The number of nitrogens with zero attached hydrogens (tertiary/aromatic N) is 2. The van der Waals surface area contributed by atoms with Crippen LogP contribution in [0.4, 0.5) is 0 Å². The van der Waals surface area contributed by atoms with Crippen molar-refractivity contribution in [3.63, 3.8) is 0 Å². The fraction of sp³-hybridized carbons (Fsp3) is 0.667. The zero-order valence-electron chi connectivity index (χ0n) is 9.53. The first-order valence-corrected chi connectivity index (χ1v) is 5.74. The van der Waals surface area contributed by atoms with Crippen molar-refractivity contribution in [2.24, 2.45) is 5.92 Å². The molecule has 1 fully saturated rings. The first-order chi connectivity index (χ1) is 7.27. The van der Waals surface area contributed by atoms with Gasteiger partial charge in [-0.05, 0) is 31.8 Å². The van der Waals surface area contributed by atoms with Crippen molar-refractivity contribution in [3.8, 4) is 0 Å². The SMILES string of the molecule is CCCNCC1CC1(C)c1cnccn1. The van der Waals surface area contributed by atoms with E-state index in [1.54, 1.807) is 12.4 Å². The molecule has 1 N–H and O–H groups in total. The smallest absolute Gasteiger partial charge is 0.0648 e. The Kier molecular flexibility index (Phi) is 3.00. The summed E-state index contributed by atoms with van der Waals surface area (Å²) in [4.78, 5) is 8.54. The third-order valence-electron chi connectivity index (χ3n) is 3.38. The molecule has 82 valence electrons. The van der Waals surface area contributed by atoms with Crippen LogP contribution in [-0.4, -0.2) is 23.1 Å². The Morgan fingerprint density at radius 3 is 3.07 bits per heavy atom. The summed E-state index contributed by atoms with van der Waals surface area (Å²) in [5.41, 5.74) is 1.42. The molecule has 0 aromatic carbocycles. The zero-order valence-corrected chi connectivity index (χ0v) is 9.53. The van der Waals surface area contributed by atoms with Crippen molar-refractivity contribution in [1.82, 2.24) is 15.3 Å².